The fraction of sp³-hybridized carbons (Fsp3) is 0.400. The van der Waals surface area contributed by atoms with Crippen LogP contribution >= 0.6 is 34.2 Å². The van der Waals surface area contributed by atoms with Crippen LogP contribution in [0.2, 0.25) is 5.02 Å². The number of benzene rings is 2. The number of carbonyl (C=O) groups is 2. The fourth-order valence-electron chi connectivity index (χ4n) is 5.81. The number of ketones is 2. The first kappa shape index (κ1) is 27.2. The Morgan fingerprint density at radius 1 is 0.974 bits per heavy atom. The quantitative estimate of drug-likeness (QED) is 0.301. The van der Waals surface area contributed by atoms with Gasteiger partial charge in [0.2, 0.25) is 0 Å². The van der Waals surface area contributed by atoms with Gasteiger partial charge in [0.25, 0.3) is 0 Å². The van der Waals surface area contributed by atoms with Crippen LogP contribution in [0.5, 0.6) is 11.5 Å². The van der Waals surface area contributed by atoms with Crippen LogP contribution in [-0.2, 0) is 20.9 Å². The Hall–Kier alpha value is -2.36. The molecule has 0 unspecified atom stereocenters. The van der Waals surface area contributed by atoms with Crippen molar-refractivity contribution in [3.05, 3.63) is 78.7 Å². The summed E-state index contributed by atoms with van der Waals surface area (Å²) in [5.41, 5.74) is 5.36. The maximum Gasteiger partial charge on any atom is 0.174 e. The second-order valence-electron chi connectivity index (χ2n) is 9.77. The normalized spacial score (nSPS) is 18.1. The van der Waals surface area contributed by atoms with Crippen LogP contribution < -0.4 is 9.47 Å². The van der Waals surface area contributed by atoms with E-state index in [1.807, 2.05) is 36.4 Å². The Balaban J connectivity index is 1.60. The van der Waals surface area contributed by atoms with Gasteiger partial charge in [-0.05, 0) is 72.0 Å². The fourth-order valence-corrected chi connectivity index (χ4v) is 6.79. The zero-order valence-corrected chi connectivity index (χ0v) is 24.6. The van der Waals surface area contributed by atoms with Gasteiger partial charge in [-0.1, -0.05) is 29.8 Å². The van der Waals surface area contributed by atoms with E-state index in [0.29, 0.717) is 49.1 Å². The molecule has 2 aromatic carbocycles. The van der Waals surface area contributed by atoms with Gasteiger partial charge in [0.1, 0.15) is 6.61 Å². The number of allylic oxidation sites excluding steroid dienone is 4. The number of rotatable bonds is 8. The Morgan fingerprint density at radius 3 is 2.24 bits per heavy atom. The summed E-state index contributed by atoms with van der Waals surface area (Å²) in [6.07, 6.45) is 4.27. The molecular weight excluding hydrogens is 617 g/mol. The molecule has 5 rings (SSSR count). The molecule has 0 N–H and O–H groups in total. The van der Waals surface area contributed by atoms with Crippen LogP contribution in [-0.4, -0.2) is 43.8 Å². The summed E-state index contributed by atoms with van der Waals surface area (Å²) in [6, 6.07) is 11.5. The van der Waals surface area contributed by atoms with Gasteiger partial charge < -0.3 is 19.1 Å². The first-order valence-electron chi connectivity index (χ1n) is 13.0. The number of ether oxygens (including phenoxy) is 3. The number of hydrogen-bond donors (Lipinski definition) is 0. The molecule has 1 aliphatic heterocycles. The maximum absolute atomic E-state index is 13.5. The molecule has 38 heavy (non-hydrogen) atoms. The Morgan fingerprint density at radius 2 is 1.63 bits per heavy atom. The molecule has 3 aliphatic rings. The zero-order chi connectivity index (χ0) is 26.8. The van der Waals surface area contributed by atoms with Gasteiger partial charge >= 0.3 is 0 Å². The molecule has 0 fully saturated rings. The van der Waals surface area contributed by atoms with Gasteiger partial charge in [-0.2, -0.15) is 0 Å². The number of methoxy groups -OCH3 is 2. The number of Topliss-reactive ketones (excluding diaryl/α,β-unsaturated/α-hetero) is 2. The molecule has 6 nitrogen and oxygen atoms in total. The topological polar surface area (TPSA) is 65.1 Å². The van der Waals surface area contributed by atoms with Gasteiger partial charge in [0.15, 0.2) is 23.1 Å². The van der Waals surface area contributed by atoms with Crippen molar-refractivity contribution in [3.63, 3.8) is 0 Å². The molecule has 0 saturated heterocycles. The summed E-state index contributed by atoms with van der Waals surface area (Å²) < 4.78 is 18.2. The van der Waals surface area contributed by atoms with E-state index in [4.69, 9.17) is 25.8 Å². The lowest BCUT2D eigenvalue weighted by molar-refractivity contribution is -0.117. The van der Waals surface area contributed by atoms with Crippen LogP contribution in [0.1, 0.15) is 55.6 Å². The van der Waals surface area contributed by atoms with E-state index in [1.54, 1.807) is 14.2 Å². The van der Waals surface area contributed by atoms with E-state index in [-0.39, 0.29) is 11.6 Å². The average molecular weight is 648 g/mol. The van der Waals surface area contributed by atoms with Crippen molar-refractivity contribution in [2.24, 2.45) is 0 Å². The Kier molecular flexibility index (Phi) is 8.45. The molecule has 0 bridgehead atoms. The monoisotopic (exact) mass is 647 g/mol. The molecule has 0 spiro atoms. The number of halogens is 2. The highest BCUT2D eigenvalue weighted by atomic mass is 127. The van der Waals surface area contributed by atoms with E-state index in [9.17, 15) is 9.59 Å². The van der Waals surface area contributed by atoms with Crippen LogP contribution in [0.25, 0.3) is 0 Å². The summed E-state index contributed by atoms with van der Waals surface area (Å²) in [4.78, 5) is 29.2. The van der Waals surface area contributed by atoms with Crippen LogP contribution in [0.4, 0.5) is 0 Å². The molecule has 1 heterocycles. The molecule has 0 aromatic heterocycles. The van der Waals surface area contributed by atoms with Crippen molar-refractivity contribution in [2.45, 2.75) is 51.0 Å². The lowest BCUT2D eigenvalue weighted by Gasteiger charge is -2.44. The third-order valence-electron chi connectivity index (χ3n) is 7.52. The second kappa shape index (κ2) is 11.8. The van der Waals surface area contributed by atoms with Gasteiger partial charge in [0.05, 0.1) is 17.3 Å². The SMILES string of the molecule is COCCN1C2=C(C(=O)CCC2)C(c2cc(I)c(OCc3ccccc3Cl)c(OC)c2)C2=C1CCCC2=O. The van der Waals surface area contributed by atoms with E-state index < -0.39 is 5.92 Å². The highest BCUT2D eigenvalue weighted by Gasteiger charge is 2.43. The van der Waals surface area contributed by atoms with Crippen molar-refractivity contribution in [2.75, 3.05) is 27.4 Å². The largest absolute Gasteiger partial charge is 0.493 e. The average Bonchev–Trinajstić information content (AvgIpc) is 2.91. The van der Waals surface area contributed by atoms with Crippen molar-refractivity contribution >= 4 is 45.8 Å². The first-order valence-corrected chi connectivity index (χ1v) is 14.4. The molecule has 0 radical (unpaired) electrons. The maximum atomic E-state index is 13.5. The number of nitrogens with zero attached hydrogens (tertiary/aromatic N) is 1. The first-order chi connectivity index (χ1) is 18.4. The number of hydrogen-bond acceptors (Lipinski definition) is 6. The zero-order valence-electron chi connectivity index (χ0n) is 21.6. The van der Waals surface area contributed by atoms with Crippen molar-refractivity contribution in [1.29, 1.82) is 0 Å². The van der Waals surface area contributed by atoms with Crippen LogP contribution in [0.15, 0.2) is 58.9 Å². The minimum atomic E-state index is -0.403. The molecule has 8 heteroatoms. The summed E-state index contributed by atoms with van der Waals surface area (Å²) in [7, 11) is 3.29. The minimum absolute atomic E-state index is 0.122. The Bertz CT molecular complexity index is 1290. The molecule has 0 atom stereocenters. The second-order valence-corrected chi connectivity index (χ2v) is 11.3. The predicted octanol–water partition coefficient (Wildman–Crippen LogP) is 6.59. The van der Waals surface area contributed by atoms with Crippen molar-refractivity contribution in [3.8, 4) is 11.5 Å². The van der Waals surface area contributed by atoms with E-state index in [0.717, 1.165) is 62.9 Å². The van der Waals surface area contributed by atoms with E-state index in [2.05, 4.69) is 27.5 Å². The van der Waals surface area contributed by atoms with Crippen molar-refractivity contribution < 1.29 is 23.8 Å². The summed E-state index contributed by atoms with van der Waals surface area (Å²) in [5, 5.41) is 0.642. The molecule has 0 amide bonds. The standard InChI is InChI=1S/C30H31ClINO5/c1-36-14-13-33-22-9-5-11-24(34)28(22)27(29-23(33)10-6-12-25(29)35)19-15-21(32)30(26(16-19)37-2)38-17-18-7-3-4-8-20(18)31/h3-4,7-8,15-16,27H,5-6,9-14,17H2,1-2H3. The lowest BCUT2D eigenvalue weighted by atomic mass is 9.71. The third-order valence-corrected chi connectivity index (χ3v) is 8.69. The van der Waals surface area contributed by atoms with E-state index >= 15 is 0 Å². The van der Waals surface area contributed by atoms with Gasteiger partial charge in [0, 0.05) is 65.5 Å². The highest BCUT2D eigenvalue weighted by Crippen LogP contribution is 2.50. The van der Waals surface area contributed by atoms with Crippen LogP contribution in [0.3, 0.4) is 0 Å². The molecule has 2 aromatic rings. The molecule has 0 saturated carbocycles. The highest BCUT2D eigenvalue weighted by molar-refractivity contribution is 14.1. The van der Waals surface area contributed by atoms with Gasteiger partial charge in [-0.15, -0.1) is 0 Å². The molecular formula is C30H31ClINO5. The summed E-state index contributed by atoms with van der Waals surface area (Å²) in [6.45, 7) is 1.46. The summed E-state index contributed by atoms with van der Waals surface area (Å²) in [5.74, 6) is 1.02. The minimum Gasteiger partial charge on any atom is -0.493 e. The van der Waals surface area contributed by atoms with Crippen LogP contribution in [0, 0.1) is 3.57 Å². The molecule has 200 valence electrons. The van der Waals surface area contributed by atoms with E-state index in [1.165, 1.54) is 0 Å². The Labute approximate surface area is 242 Å². The third kappa shape index (κ3) is 5.12. The van der Waals surface area contributed by atoms with Crippen molar-refractivity contribution in [1.82, 2.24) is 4.90 Å². The molecule has 2 aliphatic carbocycles. The van der Waals surface area contributed by atoms with Gasteiger partial charge in [-0.3, -0.25) is 9.59 Å². The number of carbonyl (C=O) groups excluding carboxylic acids is 2. The lowest BCUT2D eigenvalue weighted by Crippen LogP contribution is -2.40. The predicted molar refractivity (Wildman–Crippen MR) is 155 cm³/mol. The smallest absolute Gasteiger partial charge is 0.174 e. The summed E-state index contributed by atoms with van der Waals surface area (Å²) >= 11 is 8.58. The van der Waals surface area contributed by atoms with Gasteiger partial charge in [-0.25, -0.2) is 0 Å².